The van der Waals surface area contributed by atoms with Crippen molar-refractivity contribution in [3.8, 4) is 0 Å². The van der Waals surface area contributed by atoms with Gasteiger partial charge in [-0.15, -0.1) is 11.3 Å². The van der Waals surface area contributed by atoms with Gasteiger partial charge >= 0.3 is 0 Å². The number of carbonyl (C=O) groups excluding carboxylic acids is 2. The molecule has 0 unspecified atom stereocenters. The number of rotatable bonds is 6. The zero-order valence-corrected chi connectivity index (χ0v) is 15.4. The van der Waals surface area contributed by atoms with Gasteiger partial charge in [-0.3, -0.25) is 19.7 Å². The maximum Gasteiger partial charge on any atom is 0.258 e. The third-order valence-electron chi connectivity index (χ3n) is 3.84. The molecular formula is C19H18N4O3S. The number of hydrogen-bond donors (Lipinski definition) is 3. The number of H-pyrrole nitrogens is 1. The summed E-state index contributed by atoms with van der Waals surface area (Å²) < 4.78 is 0. The molecule has 1 atom stereocenters. The zero-order chi connectivity index (χ0) is 19.2. The van der Waals surface area contributed by atoms with Gasteiger partial charge in [-0.1, -0.05) is 30.3 Å². The number of aromatic amines is 1. The van der Waals surface area contributed by atoms with Gasteiger partial charge in [-0.05, 0) is 18.6 Å². The van der Waals surface area contributed by atoms with Crippen molar-refractivity contribution >= 4 is 28.3 Å². The van der Waals surface area contributed by atoms with E-state index < -0.39 is 0 Å². The van der Waals surface area contributed by atoms with Gasteiger partial charge in [0.25, 0.3) is 5.91 Å². The van der Waals surface area contributed by atoms with Crippen LogP contribution in [0.25, 0.3) is 0 Å². The lowest BCUT2D eigenvalue weighted by atomic mass is 10.1. The third kappa shape index (κ3) is 5.11. The smallest absolute Gasteiger partial charge is 0.258 e. The van der Waals surface area contributed by atoms with Gasteiger partial charge in [-0.2, -0.15) is 0 Å². The van der Waals surface area contributed by atoms with E-state index in [1.54, 1.807) is 5.38 Å². The average molecular weight is 382 g/mol. The van der Waals surface area contributed by atoms with Crippen molar-refractivity contribution in [2.24, 2.45) is 0 Å². The maximum absolute atomic E-state index is 12.2. The van der Waals surface area contributed by atoms with Crippen LogP contribution in [0.15, 0.2) is 58.8 Å². The fourth-order valence-electron chi connectivity index (χ4n) is 2.45. The van der Waals surface area contributed by atoms with E-state index in [0.717, 1.165) is 5.56 Å². The van der Waals surface area contributed by atoms with Crippen molar-refractivity contribution in [2.75, 3.05) is 5.32 Å². The number of thiazole rings is 1. The van der Waals surface area contributed by atoms with Crippen LogP contribution in [-0.4, -0.2) is 21.8 Å². The molecule has 2 amide bonds. The van der Waals surface area contributed by atoms with Gasteiger partial charge < -0.3 is 10.3 Å². The van der Waals surface area contributed by atoms with Gasteiger partial charge in [0.05, 0.1) is 23.7 Å². The fraction of sp³-hybridized carbons (Fsp3) is 0.158. The Morgan fingerprint density at radius 1 is 1.19 bits per heavy atom. The maximum atomic E-state index is 12.2. The normalized spacial score (nSPS) is 11.6. The van der Waals surface area contributed by atoms with Crippen LogP contribution in [0.5, 0.6) is 0 Å². The molecule has 0 aliphatic rings. The number of carbonyl (C=O) groups is 2. The lowest BCUT2D eigenvalue weighted by molar-refractivity contribution is -0.121. The molecule has 0 aliphatic heterocycles. The third-order valence-corrected chi connectivity index (χ3v) is 4.64. The first-order valence-corrected chi connectivity index (χ1v) is 9.18. The van der Waals surface area contributed by atoms with Crippen LogP contribution in [-0.2, 0) is 11.2 Å². The Morgan fingerprint density at radius 3 is 2.67 bits per heavy atom. The van der Waals surface area contributed by atoms with Crippen LogP contribution in [0.2, 0.25) is 0 Å². The number of pyridine rings is 1. The molecule has 1 aromatic carbocycles. The predicted molar refractivity (Wildman–Crippen MR) is 104 cm³/mol. The summed E-state index contributed by atoms with van der Waals surface area (Å²) in [6.07, 6.45) is 1.47. The van der Waals surface area contributed by atoms with Gasteiger partial charge in [0, 0.05) is 17.6 Å². The van der Waals surface area contributed by atoms with Crippen molar-refractivity contribution in [3.05, 3.63) is 81.2 Å². The highest BCUT2D eigenvalue weighted by Gasteiger charge is 2.13. The zero-order valence-electron chi connectivity index (χ0n) is 14.6. The summed E-state index contributed by atoms with van der Waals surface area (Å²) >= 11 is 1.24. The molecule has 0 spiro atoms. The molecule has 8 heteroatoms. The second kappa shape index (κ2) is 8.41. The Morgan fingerprint density at radius 2 is 1.96 bits per heavy atom. The first-order valence-electron chi connectivity index (χ1n) is 8.30. The molecule has 0 bridgehead atoms. The number of anilines is 1. The number of aromatic nitrogens is 2. The van der Waals surface area contributed by atoms with Crippen LogP contribution in [0.4, 0.5) is 5.13 Å². The molecule has 27 heavy (non-hydrogen) atoms. The molecule has 3 N–H and O–H groups in total. The molecule has 0 saturated carbocycles. The van der Waals surface area contributed by atoms with Crippen molar-refractivity contribution in [1.82, 2.24) is 15.3 Å². The molecule has 0 saturated heterocycles. The predicted octanol–water partition coefficient (Wildman–Crippen LogP) is 2.50. The molecule has 3 rings (SSSR count). The van der Waals surface area contributed by atoms with Crippen LogP contribution in [0.3, 0.4) is 0 Å². The standard InChI is InChI=1S/C19H18N4O3S/c1-12(13-5-3-2-4-6-13)21-17(25)9-15-11-27-19(22-15)23-18(26)14-7-8-16(24)20-10-14/h2-8,10-12H,9H2,1H3,(H,20,24)(H,21,25)(H,22,23,26)/t12-/m1/s1. The Bertz CT molecular complexity index is 977. The number of hydrogen-bond acceptors (Lipinski definition) is 5. The highest BCUT2D eigenvalue weighted by atomic mass is 32.1. The van der Waals surface area contributed by atoms with E-state index in [-0.39, 0.29) is 29.8 Å². The number of amides is 2. The van der Waals surface area contributed by atoms with Crippen molar-refractivity contribution in [2.45, 2.75) is 19.4 Å². The van der Waals surface area contributed by atoms with E-state index in [1.165, 1.54) is 29.7 Å². The highest BCUT2D eigenvalue weighted by molar-refractivity contribution is 7.14. The summed E-state index contributed by atoms with van der Waals surface area (Å²) in [6, 6.07) is 12.3. The molecule has 138 valence electrons. The Labute approximate surface area is 159 Å². The largest absolute Gasteiger partial charge is 0.349 e. The summed E-state index contributed by atoms with van der Waals surface area (Å²) in [7, 11) is 0. The highest BCUT2D eigenvalue weighted by Crippen LogP contribution is 2.17. The van der Waals surface area contributed by atoms with Crippen LogP contribution in [0.1, 0.15) is 34.6 Å². The summed E-state index contributed by atoms with van der Waals surface area (Å²) in [5, 5.41) is 7.71. The van der Waals surface area contributed by atoms with Crippen molar-refractivity contribution in [1.29, 1.82) is 0 Å². The number of benzene rings is 1. The van der Waals surface area contributed by atoms with E-state index in [0.29, 0.717) is 16.4 Å². The quantitative estimate of drug-likeness (QED) is 0.609. The summed E-state index contributed by atoms with van der Waals surface area (Å²) in [4.78, 5) is 42.1. The molecular weight excluding hydrogens is 364 g/mol. The summed E-state index contributed by atoms with van der Waals surface area (Å²) in [6.45, 7) is 1.92. The van der Waals surface area contributed by atoms with Crippen LogP contribution >= 0.6 is 11.3 Å². The molecule has 0 radical (unpaired) electrons. The second-order valence-corrected chi connectivity index (χ2v) is 6.77. The van der Waals surface area contributed by atoms with E-state index in [2.05, 4.69) is 20.6 Å². The first kappa shape index (κ1) is 18.5. The van der Waals surface area contributed by atoms with Gasteiger partial charge in [0.15, 0.2) is 5.13 Å². The lowest BCUT2D eigenvalue weighted by Crippen LogP contribution is -2.28. The van der Waals surface area contributed by atoms with Crippen molar-refractivity contribution < 1.29 is 9.59 Å². The van der Waals surface area contributed by atoms with E-state index in [4.69, 9.17) is 0 Å². The van der Waals surface area contributed by atoms with Gasteiger partial charge in [0.1, 0.15) is 0 Å². The Hall–Kier alpha value is -3.26. The fourth-order valence-corrected chi connectivity index (χ4v) is 3.15. The number of nitrogens with zero attached hydrogens (tertiary/aromatic N) is 1. The summed E-state index contributed by atoms with van der Waals surface area (Å²) in [5.41, 5.74) is 1.65. The minimum Gasteiger partial charge on any atom is -0.349 e. The lowest BCUT2D eigenvalue weighted by Gasteiger charge is -2.13. The minimum atomic E-state index is -0.380. The monoisotopic (exact) mass is 382 g/mol. The molecule has 0 fully saturated rings. The van der Waals surface area contributed by atoms with Crippen LogP contribution in [0, 0.1) is 0 Å². The van der Waals surface area contributed by atoms with Crippen molar-refractivity contribution in [3.63, 3.8) is 0 Å². The Kier molecular flexibility index (Phi) is 5.77. The van der Waals surface area contributed by atoms with Gasteiger partial charge in [-0.25, -0.2) is 4.98 Å². The second-order valence-electron chi connectivity index (χ2n) is 5.92. The molecule has 7 nitrogen and oxygen atoms in total. The van der Waals surface area contributed by atoms with Crippen LogP contribution < -0.4 is 16.2 Å². The summed E-state index contributed by atoms with van der Waals surface area (Å²) in [5.74, 6) is -0.524. The number of nitrogens with one attached hydrogen (secondary N) is 3. The molecule has 2 aromatic heterocycles. The van der Waals surface area contributed by atoms with E-state index in [1.807, 2.05) is 37.3 Å². The van der Waals surface area contributed by atoms with E-state index in [9.17, 15) is 14.4 Å². The first-order chi connectivity index (χ1) is 13.0. The molecule has 0 aliphatic carbocycles. The minimum absolute atomic E-state index is 0.100. The topological polar surface area (TPSA) is 104 Å². The molecule has 3 aromatic rings. The molecule has 2 heterocycles. The average Bonchev–Trinajstić information content (AvgIpc) is 3.09. The SMILES string of the molecule is C[C@@H](NC(=O)Cc1csc(NC(=O)c2ccc(=O)[nH]c2)n1)c1ccccc1. The van der Waals surface area contributed by atoms with Gasteiger partial charge in [0.2, 0.25) is 11.5 Å². The Balaban J connectivity index is 1.55. The van der Waals surface area contributed by atoms with E-state index >= 15 is 0 Å².